The lowest BCUT2D eigenvalue weighted by Gasteiger charge is -2.17. The van der Waals surface area contributed by atoms with E-state index in [0.29, 0.717) is 57.9 Å². The third-order valence-electron chi connectivity index (χ3n) is 6.59. The van der Waals surface area contributed by atoms with E-state index in [1.165, 1.54) is 4.90 Å². The molecular formula is C29H26FN3O4. The molecule has 0 radical (unpaired) electrons. The average molecular weight is 500 g/mol. The zero-order valence-corrected chi connectivity index (χ0v) is 20.8. The molecule has 188 valence electrons. The quantitative estimate of drug-likeness (QED) is 0.323. The molecule has 1 aliphatic carbocycles. The van der Waals surface area contributed by atoms with E-state index in [1.807, 2.05) is 18.2 Å². The number of nitriles is 1. The number of pyridine rings is 1. The molecule has 1 amide bonds. The molecular weight excluding hydrogens is 473 g/mol. The van der Waals surface area contributed by atoms with Gasteiger partial charge in [0.25, 0.3) is 5.91 Å². The summed E-state index contributed by atoms with van der Waals surface area (Å²) >= 11 is 0. The van der Waals surface area contributed by atoms with Crippen LogP contribution in [-0.4, -0.2) is 49.3 Å². The molecule has 0 N–H and O–H groups in total. The molecule has 0 spiro atoms. The van der Waals surface area contributed by atoms with E-state index in [2.05, 4.69) is 11.1 Å². The highest BCUT2D eigenvalue weighted by atomic mass is 19.1. The molecule has 2 aromatic carbocycles. The fourth-order valence-electron chi connectivity index (χ4n) is 4.65. The Balaban J connectivity index is 1.52. The van der Waals surface area contributed by atoms with Crippen LogP contribution in [0, 0.1) is 11.3 Å². The van der Waals surface area contributed by atoms with Gasteiger partial charge in [0.05, 0.1) is 18.2 Å². The summed E-state index contributed by atoms with van der Waals surface area (Å²) in [7, 11) is 4.93. The molecule has 0 saturated heterocycles. The van der Waals surface area contributed by atoms with Crippen molar-refractivity contribution in [2.24, 2.45) is 0 Å². The number of benzene rings is 2. The number of rotatable bonds is 6. The molecule has 1 saturated carbocycles. The van der Waals surface area contributed by atoms with E-state index in [-0.39, 0.29) is 5.91 Å². The normalized spacial score (nSPS) is 16.9. The molecule has 8 heteroatoms. The molecule has 2 aromatic heterocycles. The number of hydrogen-bond acceptors (Lipinski definition) is 6. The van der Waals surface area contributed by atoms with Gasteiger partial charge >= 0.3 is 0 Å². The SMILES string of the molecule is COc1cc(C(=O)N(C)C)ccc1-c1cc2nccc(-c3ccc(OC4CCCC4F)c(C#N)c3)c2o1. The topological polar surface area (TPSA) is 88.6 Å². The van der Waals surface area contributed by atoms with Crippen molar-refractivity contribution in [3.8, 4) is 40.0 Å². The Hall–Kier alpha value is -4.38. The van der Waals surface area contributed by atoms with Crippen LogP contribution in [0.25, 0.3) is 33.6 Å². The Morgan fingerprint density at radius 2 is 1.95 bits per heavy atom. The molecule has 2 unspecified atom stereocenters. The van der Waals surface area contributed by atoms with Gasteiger partial charge in [-0.3, -0.25) is 9.78 Å². The van der Waals surface area contributed by atoms with Crippen LogP contribution in [0.1, 0.15) is 35.2 Å². The van der Waals surface area contributed by atoms with Crippen LogP contribution in [0.4, 0.5) is 4.39 Å². The Morgan fingerprint density at radius 3 is 2.65 bits per heavy atom. The number of ether oxygens (including phenoxy) is 2. The molecule has 0 aliphatic heterocycles. The molecule has 37 heavy (non-hydrogen) atoms. The Labute approximate surface area is 214 Å². The van der Waals surface area contributed by atoms with E-state index in [1.54, 1.807) is 57.7 Å². The van der Waals surface area contributed by atoms with Crippen LogP contribution >= 0.6 is 0 Å². The van der Waals surface area contributed by atoms with Gasteiger partial charge in [0.1, 0.15) is 41.1 Å². The van der Waals surface area contributed by atoms with Gasteiger partial charge in [-0.1, -0.05) is 6.07 Å². The lowest BCUT2D eigenvalue weighted by molar-refractivity contribution is 0.0827. The number of furan rings is 1. The summed E-state index contributed by atoms with van der Waals surface area (Å²) in [5.41, 5.74) is 4.19. The highest BCUT2D eigenvalue weighted by Crippen LogP contribution is 2.39. The van der Waals surface area contributed by atoms with Gasteiger partial charge in [0.15, 0.2) is 5.58 Å². The van der Waals surface area contributed by atoms with Crippen molar-refractivity contribution in [2.75, 3.05) is 21.2 Å². The number of nitrogens with zero attached hydrogens (tertiary/aromatic N) is 3. The van der Waals surface area contributed by atoms with Crippen LogP contribution in [0.2, 0.25) is 0 Å². The first-order chi connectivity index (χ1) is 17.9. The molecule has 4 aromatic rings. The van der Waals surface area contributed by atoms with E-state index in [4.69, 9.17) is 13.9 Å². The maximum atomic E-state index is 14.1. The van der Waals surface area contributed by atoms with Crippen LogP contribution in [0.5, 0.6) is 11.5 Å². The van der Waals surface area contributed by atoms with Crippen molar-refractivity contribution in [1.82, 2.24) is 9.88 Å². The van der Waals surface area contributed by atoms with E-state index < -0.39 is 12.3 Å². The number of carbonyl (C=O) groups is 1. The first-order valence-corrected chi connectivity index (χ1v) is 12.0. The molecule has 1 fully saturated rings. The van der Waals surface area contributed by atoms with Gasteiger partial charge < -0.3 is 18.8 Å². The fraction of sp³-hybridized carbons (Fsp3) is 0.276. The van der Waals surface area contributed by atoms with Crippen molar-refractivity contribution < 1.29 is 23.1 Å². The van der Waals surface area contributed by atoms with Crippen LogP contribution in [-0.2, 0) is 0 Å². The van der Waals surface area contributed by atoms with Gasteiger partial charge in [-0.2, -0.15) is 5.26 Å². The van der Waals surface area contributed by atoms with Crippen molar-refractivity contribution in [3.05, 3.63) is 65.9 Å². The van der Waals surface area contributed by atoms with Crippen molar-refractivity contribution >= 4 is 17.0 Å². The second-order valence-electron chi connectivity index (χ2n) is 9.22. The van der Waals surface area contributed by atoms with E-state index in [0.717, 1.165) is 17.5 Å². The fourth-order valence-corrected chi connectivity index (χ4v) is 4.65. The van der Waals surface area contributed by atoms with Gasteiger partial charge in [0, 0.05) is 37.5 Å². The molecule has 2 heterocycles. The monoisotopic (exact) mass is 499 g/mol. The molecule has 1 aliphatic rings. The van der Waals surface area contributed by atoms with Gasteiger partial charge in [-0.25, -0.2) is 4.39 Å². The summed E-state index contributed by atoms with van der Waals surface area (Å²) in [5.74, 6) is 1.28. The molecule has 5 rings (SSSR count). The minimum Gasteiger partial charge on any atom is -0.496 e. The number of aromatic nitrogens is 1. The number of alkyl halides is 1. The highest BCUT2D eigenvalue weighted by Gasteiger charge is 2.29. The van der Waals surface area contributed by atoms with Gasteiger partial charge in [-0.15, -0.1) is 0 Å². The molecule has 0 bridgehead atoms. The van der Waals surface area contributed by atoms with E-state index in [9.17, 15) is 14.4 Å². The van der Waals surface area contributed by atoms with Crippen molar-refractivity contribution in [1.29, 1.82) is 5.26 Å². The van der Waals surface area contributed by atoms with E-state index >= 15 is 0 Å². The number of methoxy groups -OCH3 is 1. The summed E-state index contributed by atoms with van der Waals surface area (Å²) in [6.45, 7) is 0. The molecule has 7 nitrogen and oxygen atoms in total. The second-order valence-corrected chi connectivity index (χ2v) is 9.22. The number of halogens is 1. The lowest BCUT2D eigenvalue weighted by Crippen LogP contribution is -2.22. The van der Waals surface area contributed by atoms with Crippen molar-refractivity contribution in [3.63, 3.8) is 0 Å². The number of carbonyl (C=O) groups excluding carboxylic acids is 1. The highest BCUT2D eigenvalue weighted by molar-refractivity contribution is 5.96. The predicted molar refractivity (Wildman–Crippen MR) is 137 cm³/mol. The third kappa shape index (κ3) is 4.60. The molecule has 2 atom stereocenters. The Morgan fingerprint density at radius 1 is 1.11 bits per heavy atom. The largest absolute Gasteiger partial charge is 0.496 e. The summed E-state index contributed by atoms with van der Waals surface area (Å²) in [6, 6.07) is 16.3. The third-order valence-corrected chi connectivity index (χ3v) is 6.59. The predicted octanol–water partition coefficient (Wildman–Crippen LogP) is 6.01. The second kappa shape index (κ2) is 9.94. The minimum atomic E-state index is -1.01. The maximum absolute atomic E-state index is 14.1. The summed E-state index contributed by atoms with van der Waals surface area (Å²) in [5, 5.41) is 9.75. The summed E-state index contributed by atoms with van der Waals surface area (Å²) in [4.78, 5) is 18.3. The number of amides is 1. The van der Waals surface area contributed by atoms with Crippen LogP contribution in [0.3, 0.4) is 0 Å². The zero-order valence-electron chi connectivity index (χ0n) is 20.8. The zero-order chi connectivity index (χ0) is 26.1. The number of fused-ring (bicyclic) bond motifs is 1. The lowest BCUT2D eigenvalue weighted by atomic mass is 10.0. The van der Waals surface area contributed by atoms with Gasteiger partial charge in [-0.05, 0) is 61.2 Å². The average Bonchev–Trinajstić information content (AvgIpc) is 3.53. The smallest absolute Gasteiger partial charge is 0.253 e. The van der Waals surface area contributed by atoms with Crippen molar-refractivity contribution in [2.45, 2.75) is 31.5 Å². The Kier molecular flexibility index (Phi) is 6.53. The first kappa shape index (κ1) is 24.3. The standard InChI is InChI=1S/C29H26FN3O4/c1-33(2)29(34)18-7-9-21(26(14-18)35-3)27-15-23-28(37-27)20(11-12-32-23)17-8-10-24(19(13-17)16-31)36-25-6-4-5-22(25)30/h7-15,22,25H,4-6H2,1-3H3. The summed E-state index contributed by atoms with van der Waals surface area (Å²) < 4.78 is 31.7. The first-order valence-electron chi connectivity index (χ1n) is 12.0. The summed E-state index contributed by atoms with van der Waals surface area (Å²) in [6.07, 6.45) is 2.05. The van der Waals surface area contributed by atoms with Crippen LogP contribution in [0.15, 0.2) is 59.1 Å². The van der Waals surface area contributed by atoms with Gasteiger partial charge in [0.2, 0.25) is 0 Å². The van der Waals surface area contributed by atoms with Crippen LogP contribution < -0.4 is 9.47 Å². The minimum absolute atomic E-state index is 0.130. The Bertz CT molecular complexity index is 1520. The number of hydrogen-bond donors (Lipinski definition) is 0. The maximum Gasteiger partial charge on any atom is 0.253 e.